The van der Waals surface area contributed by atoms with Crippen molar-refractivity contribution in [3.05, 3.63) is 53.4 Å². The van der Waals surface area contributed by atoms with Crippen LogP contribution in [0.1, 0.15) is 18.1 Å². The fraction of sp³-hybridized carbons (Fsp3) is 0.154. The van der Waals surface area contributed by atoms with E-state index in [9.17, 15) is 4.39 Å². The van der Waals surface area contributed by atoms with Gasteiger partial charge in [-0.25, -0.2) is 4.39 Å². The van der Waals surface area contributed by atoms with Gasteiger partial charge in [-0.05, 0) is 42.7 Å². The fourth-order valence-corrected chi connectivity index (χ4v) is 1.39. The Bertz CT molecular complexity index is 430. The second-order valence-corrected chi connectivity index (χ2v) is 3.93. The van der Waals surface area contributed by atoms with Gasteiger partial charge < -0.3 is 0 Å². The van der Waals surface area contributed by atoms with Gasteiger partial charge in [0.1, 0.15) is 5.82 Å². The molecule has 15 heavy (non-hydrogen) atoms. The molecule has 1 aromatic rings. The summed E-state index contributed by atoms with van der Waals surface area (Å²) in [6.45, 7) is 7.26. The van der Waals surface area contributed by atoms with Gasteiger partial charge in [-0.1, -0.05) is 37.0 Å². The summed E-state index contributed by atoms with van der Waals surface area (Å²) in [6, 6.07) is 5.00. The molecule has 0 heterocycles. The minimum Gasteiger partial charge on any atom is -0.207 e. The van der Waals surface area contributed by atoms with Crippen LogP contribution in [-0.2, 0) is 0 Å². The first kappa shape index (κ1) is 11.8. The van der Waals surface area contributed by atoms with Gasteiger partial charge in [-0.15, -0.1) is 0 Å². The van der Waals surface area contributed by atoms with E-state index in [-0.39, 0.29) is 5.82 Å². The second kappa shape index (κ2) is 4.99. The molecule has 1 rings (SSSR count). The van der Waals surface area contributed by atoms with Crippen LogP contribution in [0.2, 0.25) is 0 Å². The van der Waals surface area contributed by atoms with Gasteiger partial charge in [0, 0.05) is 4.86 Å². The number of rotatable bonds is 3. The van der Waals surface area contributed by atoms with E-state index in [1.54, 1.807) is 19.1 Å². The van der Waals surface area contributed by atoms with Crippen LogP contribution in [-0.4, -0.2) is 4.86 Å². The van der Waals surface area contributed by atoms with Gasteiger partial charge in [-0.3, -0.25) is 0 Å². The van der Waals surface area contributed by atoms with Crippen molar-refractivity contribution in [2.75, 3.05) is 0 Å². The summed E-state index contributed by atoms with van der Waals surface area (Å²) in [5.41, 5.74) is 2.33. The van der Waals surface area contributed by atoms with Crippen LogP contribution in [0, 0.1) is 12.7 Å². The van der Waals surface area contributed by atoms with Crippen molar-refractivity contribution in [2.45, 2.75) is 13.8 Å². The molecule has 0 spiro atoms. The maximum absolute atomic E-state index is 13.2. The number of hydrogen-bond donors (Lipinski definition) is 0. The Morgan fingerprint density at radius 3 is 2.67 bits per heavy atom. The molecule has 2 heteroatoms. The second-order valence-electron chi connectivity index (χ2n) is 3.31. The molecule has 0 aliphatic rings. The van der Waals surface area contributed by atoms with E-state index in [1.807, 2.05) is 19.1 Å². The zero-order chi connectivity index (χ0) is 11.4. The smallest absolute Gasteiger partial charge is 0.126 e. The van der Waals surface area contributed by atoms with Crippen LogP contribution in [0.4, 0.5) is 4.39 Å². The van der Waals surface area contributed by atoms with Crippen LogP contribution in [0.25, 0.3) is 6.08 Å². The van der Waals surface area contributed by atoms with Crippen LogP contribution in [0.5, 0.6) is 0 Å². The summed E-state index contributed by atoms with van der Waals surface area (Å²) in [5, 5.41) is 0. The third kappa shape index (κ3) is 2.83. The number of thiocarbonyl (C=S) groups is 1. The molecule has 78 valence electrons. The lowest BCUT2D eigenvalue weighted by Gasteiger charge is -2.03. The van der Waals surface area contributed by atoms with Crippen LogP contribution < -0.4 is 0 Å². The Hall–Kier alpha value is -1.28. The summed E-state index contributed by atoms with van der Waals surface area (Å²) in [6.07, 6.45) is 3.54. The van der Waals surface area contributed by atoms with E-state index < -0.39 is 0 Å². The molecule has 0 aliphatic carbocycles. The lowest BCUT2D eigenvalue weighted by atomic mass is 10.0. The molecule has 0 unspecified atom stereocenters. The maximum Gasteiger partial charge on any atom is 0.126 e. The third-order valence-electron chi connectivity index (χ3n) is 2.25. The molecule has 0 radical (unpaired) electrons. The first-order valence-electron chi connectivity index (χ1n) is 4.66. The Kier molecular flexibility index (Phi) is 3.92. The fourth-order valence-electron chi connectivity index (χ4n) is 1.25. The third-order valence-corrected chi connectivity index (χ3v) is 2.48. The van der Waals surface area contributed by atoms with Crippen molar-refractivity contribution in [3.63, 3.8) is 0 Å². The minimum atomic E-state index is -0.200. The molecule has 0 amide bonds. The van der Waals surface area contributed by atoms with E-state index in [4.69, 9.17) is 12.2 Å². The molecule has 0 nitrogen and oxygen atoms in total. The lowest BCUT2D eigenvalue weighted by Crippen LogP contribution is -1.92. The molecule has 1 aromatic carbocycles. The van der Waals surface area contributed by atoms with Crippen LogP contribution >= 0.6 is 12.2 Å². The Morgan fingerprint density at radius 2 is 2.13 bits per heavy atom. The standard InChI is InChI=1S/C13H13FS/c1-4-11(10(3)15)8-12-6-5-7-13(14)9(12)2/h4-8H,1H2,2-3H3/b11-8+. The number of hydrogen-bond acceptors (Lipinski definition) is 1. The Labute approximate surface area is 95.1 Å². The van der Waals surface area contributed by atoms with E-state index in [0.29, 0.717) is 5.56 Å². The average molecular weight is 220 g/mol. The van der Waals surface area contributed by atoms with E-state index in [0.717, 1.165) is 16.0 Å². The van der Waals surface area contributed by atoms with Gasteiger partial charge in [0.25, 0.3) is 0 Å². The summed E-state index contributed by atoms with van der Waals surface area (Å²) in [7, 11) is 0. The predicted molar refractivity (Wildman–Crippen MR) is 67.6 cm³/mol. The molecular weight excluding hydrogens is 207 g/mol. The highest BCUT2D eigenvalue weighted by molar-refractivity contribution is 7.80. The molecule has 0 saturated heterocycles. The SMILES string of the molecule is C=C/C(=C\c1cccc(F)c1C)C(C)=S. The highest BCUT2D eigenvalue weighted by Gasteiger charge is 2.02. The molecule has 0 bridgehead atoms. The van der Waals surface area contributed by atoms with Crippen LogP contribution in [0.15, 0.2) is 36.4 Å². The normalized spacial score (nSPS) is 11.3. The van der Waals surface area contributed by atoms with Gasteiger partial charge >= 0.3 is 0 Å². The van der Waals surface area contributed by atoms with Crippen LogP contribution in [0.3, 0.4) is 0 Å². The summed E-state index contributed by atoms with van der Waals surface area (Å²) < 4.78 is 13.2. The first-order valence-corrected chi connectivity index (χ1v) is 5.07. The molecule has 0 saturated carbocycles. The molecular formula is C13H13FS. The van der Waals surface area contributed by atoms with Gasteiger partial charge in [-0.2, -0.15) is 0 Å². The highest BCUT2D eigenvalue weighted by Crippen LogP contribution is 2.16. The average Bonchev–Trinajstić information content (AvgIpc) is 2.19. The van der Waals surface area contributed by atoms with Crippen molar-refractivity contribution in [1.82, 2.24) is 0 Å². The molecule has 0 atom stereocenters. The zero-order valence-corrected chi connectivity index (χ0v) is 9.70. The largest absolute Gasteiger partial charge is 0.207 e. The Morgan fingerprint density at radius 1 is 1.47 bits per heavy atom. The molecule has 0 N–H and O–H groups in total. The van der Waals surface area contributed by atoms with Crippen molar-refractivity contribution in [1.29, 1.82) is 0 Å². The molecule has 0 aliphatic heterocycles. The highest BCUT2D eigenvalue weighted by atomic mass is 32.1. The lowest BCUT2D eigenvalue weighted by molar-refractivity contribution is 0.618. The van der Waals surface area contributed by atoms with E-state index >= 15 is 0 Å². The first-order chi connectivity index (χ1) is 7.06. The van der Waals surface area contributed by atoms with Gasteiger partial charge in [0.15, 0.2) is 0 Å². The van der Waals surface area contributed by atoms with Crippen molar-refractivity contribution >= 4 is 23.2 Å². The van der Waals surface area contributed by atoms with E-state index in [2.05, 4.69) is 6.58 Å². The summed E-state index contributed by atoms with van der Waals surface area (Å²) in [4.78, 5) is 0.758. The quantitative estimate of drug-likeness (QED) is 0.420. The maximum atomic E-state index is 13.2. The summed E-state index contributed by atoms with van der Waals surface area (Å²) >= 11 is 5.06. The molecule has 0 aromatic heterocycles. The summed E-state index contributed by atoms with van der Waals surface area (Å²) in [5.74, 6) is -0.200. The van der Waals surface area contributed by atoms with Gasteiger partial charge in [0.2, 0.25) is 0 Å². The number of halogens is 1. The van der Waals surface area contributed by atoms with Crippen molar-refractivity contribution in [2.24, 2.45) is 0 Å². The van der Waals surface area contributed by atoms with Crippen molar-refractivity contribution < 1.29 is 4.39 Å². The Balaban J connectivity index is 3.23. The minimum absolute atomic E-state index is 0.200. The topological polar surface area (TPSA) is 0 Å². The van der Waals surface area contributed by atoms with Gasteiger partial charge in [0.05, 0.1) is 0 Å². The number of allylic oxidation sites excluding steroid dienone is 2. The van der Waals surface area contributed by atoms with E-state index in [1.165, 1.54) is 6.07 Å². The zero-order valence-electron chi connectivity index (χ0n) is 8.88. The van der Waals surface area contributed by atoms with Crippen molar-refractivity contribution in [3.8, 4) is 0 Å². The predicted octanol–water partition coefficient (Wildman–Crippen LogP) is 4.09. The number of benzene rings is 1. The monoisotopic (exact) mass is 220 g/mol. The molecule has 0 fully saturated rings.